The van der Waals surface area contributed by atoms with Gasteiger partial charge < -0.3 is 15.9 Å². The normalized spacial score (nSPS) is 10.6. The monoisotopic (exact) mass is 193 g/mol. The number of phenols is 1. The second-order valence-electron chi connectivity index (χ2n) is 2.82. The molecule has 14 heavy (non-hydrogen) atoms. The third-order valence-corrected chi connectivity index (χ3v) is 1.64. The van der Waals surface area contributed by atoms with E-state index in [4.69, 9.17) is 10.8 Å². The maximum absolute atomic E-state index is 10.2. The molecule has 0 atom stereocenters. The quantitative estimate of drug-likeness (QED) is 0.501. The molecule has 1 aromatic carbocycles. The highest BCUT2D eigenvalue weighted by atomic mass is 16.4. The molecule has 0 radical (unpaired) electrons. The third-order valence-electron chi connectivity index (χ3n) is 1.64. The number of carboxylic acid groups (broad SMARTS) is 1. The van der Waals surface area contributed by atoms with Gasteiger partial charge in [0, 0.05) is 11.3 Å². The van der Waals surface area contributed by atoms with Crippen molar-refractivity contribution in [3.63, 3.8) is 0 Å². The van der Waals surface area contributed by atoms with Gasteiger partial charge in [-0.05, 0) is 18.2 Å². The minimum Gasteiger partial charge on any atom is -0.507 e. The molecule has 0 aromatic heterocycles. The molecule has 0 saturated carbocycles. The van der Waals surface area contributed by atoms with Gasteiger partial charge in [-0.1, -0.05) is 12.2 Å². The standard InChI is InChI=1S/C10H11NO3/c11-8-4-5-9(12)7(6-8)2-1-3-10(13)14/h1-2,4-6,12H,3,11H2,(H,13,14). The van der Waals surface area contributed by atoms with E-state index in [0.29, 0.717) is 11.3 Å². The molecule has 0 saturated heterocycles. The van der Waals surface area contributed by atoms with Gasteiger partial charge in [-0.15, -0.1) is 0 Å². The Morgan fingerprint density at radius 3 is 2.86 bits per heavy atom. The molecule has 0 aliphatic carbocycles. The summed E-state index contributed by atoms with van der Waals surface area (Å²) in [5, 5.41) is 17.7. The number of nitrogens with two attached hydrogens (primary N) is 1. The summed E-state index contributed by atoms with van der Waals surface area (Å²) in [6.07, 6.45) is 2.91. The largest absolute Gasteiger partial charge is 0.507 e. The summed E-state index contributed by atoms with van der Waals surface area (Å²) in [5.74, 6) is -0.828. The minimum atomic E-state index is -0.912. The van der Waals surface area contributed by atoms with E-state index in [2.05, 4.69) is 0 Å². The lowest BCUT2D eigenvalue weighted by atomic mass is 10.1. The topological polar surface area (TPSA) is 83.5 Å². The Labute approximate surface area is 81.3 Å². The van der Waals surface area contributed by atoms with Gasteiger partial charge in [0.15, 0.2) is 0 Å². The molecular formula is C10H11NO3. The Balaban J connectivity index is 2.80. The Kier molecular flexibility index (Phi) is 3.12. The van der Waals surface area contributed by atoms with E-state index in [1.807, 2.05) is 0 Å². The van der Waals surface area contributed by atoms with Crippen LogP contribution in [-0.2, 0) is 4.79 Å². The highest BCUT2D eigenvalue weighted by Gasteiger charge is 1.97. The molecule has 0 fully saturated rings. The number of nitrogen functional groups attached to an aromatic ring is 1. The van der Waals surface area contributed by atoms with Crippen LogP contribution in [0, 0.1) is 0 Å². The number of hydrogen-bond acceptors (Lipinski definition) is 3. The molecule has 1 rings (SSSR count). The average Bonchev–Trinajstić information content (AvgIpc) is 2.10. The molecule has 4 heteroatoms. The Hall–Kier alpha value is -1.97. The fourth-order valence-corrected chi connectivity index (χ4v) is 0.993. The van der Waals surface area contributed by atoms with Gasteiger partial charge in [-0.2, -0.15) is 0 Å². The van der Waals surface area contributed by atoms with E-state index >= 15 is 0 Å². The number of benzene rings is 1. The van der Waals surface area contributed by atoms with Crippen molar-refractivity contribution in [1.29, 1.82) is 0 Å². The first-order valence-corrected chi connectivity index (χ1v) is 4.06. The van der Waals surface area contributed by atoms with Crippen molar-refractivity contribution in [2.75, 3.05) is 5.73 Å². The van der Waals surface area contributed by atoms with Crippen LogP contribution in [0.2, 0.25) is 0 Å². The summed E-state index contributed by atoms with van der Waals surface area (Å²) in [6.45, 7) is 0. The van der Waals surface area contributed by atoms with Crippen molar-refractivity contribution < 1.29 is 15.0 Å². The Morgan fingerprint density at radius 2 is 2.21 bits per heavy atom. The van der Waals surface area contributed by atoms with Gasteiger partial charge in [0.25, 0.3) is 0 Å². The van der Waals surface area contributed by atoms with Crippen LogP contribution >= 0.6 is 0 Å². The van der Waals surface area contributed by atoms with E-state index in [1.54, 1.807) is 12.1 Å². The van der Waals surface area contributed by atoms with Crippen LogP contribution in [0.5, 0.6) is 5.75 Å². The zero-order valence-corrected chi connectivity index (χ0v) is 7.47. The zero-order chi connectivity index (χ0) is 10.6. The first kappa shape index (κ1) is 10.1. The molecule has 74 valence electrons. The van der Waals surface area contributed by atoms with Crippen molar-refractivity contribution in [1.82, 2.24) is 0 Å². The molecular weight excluding hydrogens is 182 g/mol. The van der Waals surface area contributed by atoms with Crippen LogP contribution in [0.15, 0.2) is 24.3 Å². The number of phenolic OH excluding ortho intramolecular Hbond substituents is 1. The minimum absolute atomic E-state index is 0.0752. The van der Waals surface area contributed by atoms with Crippen molar-refractivity contribution in [3.05, 3.63) is 29.8 Å². The summed E-state index contributed by atoms with van der Waals surface area (Å²) < 4.78 is 0. The number of carboxylic acids is 1. The summed E-state index contributed by atoms with van der Waals surface area (Å²) in [5.41, 5.74) is 6.54. The lowest BCUT2D eigenvalue weighted by Gasteiger charge is -1.99. The number of aromatic hydroxyl groups is 1. The molecule has 0 bridgehead atoms. The lowest BCUT2D eigenvalue weighted by molar-refractivity contribution is -0.135. The van der Waals surface area contributed by atoms with Gasteiger partial charge in [0.05, 0.1) is 6.42 Å². The van der Waals surface area contributed by atoms with Crippen LogP contribution in [-0.4, -0.2) is 16.2 Å². The molecule has 0 aliphatic rings. The smallest absolute Gasteiger partial charge is 0.307 e. The maximum Gasteiger partial charge on any atom is 0.307 e. The summed E-state index contributed by atoms with van der Waals surface area (Å²) in [4.78, 5) is 10.2. The van der Waals surface area contributed by atoms with E-state index in [1.165, 1.54) is 18.2 Å². The molecule has 4 N–H and O–H groups in total. The van der Waals surface area contributed by atoms with Crippen molar-refractivity contribution in [3.8, 4) is 5.75 Å². The number of anilines is 1. The number of aliphatic carboxylic acids is 1. The van der Waals surface area contributed by atoms with Crippen LogP contribution in [0.3, 0.4) is 0 Å². The molecule has 4 nitrogen and oxygen atoms in total. The number of rotatable bonds is 3. The fourth-order valence-electron chi connectivity index (χ4n) is 0.993. The second-order valence-corrected chi connectivity index (χ2v) is 2.82. The highest BCUT2D eigenvalue weighted by molar-refractivity contribution is 5.71. The fraction of sp³-hybridized carbons (Fsp3) is 0.100. The van der Waals surface area contributed by atoms with Gasteiger partial charge in [-0.25, -0.2) is 0 Å². The van der Waals surface area contributed by atoms with Crippen LogP contribution < -0.4 is 5.73 Å². The van der Waals surface area contributed by atoms with Crippen LogP contribution in [0.1, 0.15) is 12.0 Å². The molecule has 1 aromatic rings. The Bertz CT molecular complexity index is 372. The van der Waals surface area contributed by atoms with Gasteiger partial charge >= 0.3 is 5.97 Å². The molecule has 0 unspecified atom stereocenters. The van der Waals surface area contributed by atoms with Gasteiger partial charge in [-0.3, -0.25) is 4.79 Å². The average molecular weight is 193 g/mol. The first-order chi connectivity index (χ1) is 6.59. The predicted octanol–water partition coefficient (Wildman–Crippen LogP) is 1.46. The van der Waals surface area contributed by atoms with Crippen LogP contribution in [0.25, 0.3) is 6.08 Å². The van der Waals surface area contributed by atoms with E-state index < -0.39 is 5.97 Å². The van der Waals surface area contributed by atoms with E-state index in [-0.39, 0.29) is 12.2 Å². The second kappa shape index (κ2) is 4.32. The van der Waals surface area contributed by atoms with Crippen molar-refractivity contribution in [2.24, 2.45) is 0 Å². The lowest BCUT2D eigenvalue weighted by Crippen LogP contribution is -1.90. The maximum atomic E-state index is 10.2. The van der Waals surface area contributed by atoms with Crippen molar-refractivity contribution in [2.45, 2.75) is 6.42 Å². The Morgan fingerprint density at radius 1 is 1.50 bits per heavy atom. The molecule has 0 amide bonds. The highest BCUT2D eigenvalue weighted by Crippen LogP contribution is 2.21. The van der Waals surface area contributed by atoms with Gasteiger partial charge in [0.1, 0.15) is 5.75 Å². The molecule has 0 spiro atoms. The summed E-state index contributed by atoms with van der Waals surface area (Å²) >= 11 is 0. The zero-order valence-electron chi connectivity index (χ0n) is 7.47. The number of carbonyl (C=O) groups is 1. The first-order valence-electron chi connectivity index (χ1n) is 4.06. The summed E-state index contributed by atoms with van der Waals surface area (Å²) in [6, 6.07) is 4.62. The van der Waals surface area contributed by atoms with E-state index in [0.717, 1.165) is 0 Å². The van der Waals surface area contributed by atoms with E-state index in [9.17, 15) is 9.90 Å². The summed E-state index contributed by atoms with van der Waals surface area (Å²) in [7, 11) is 0. The van der Waals surface area contributed by atoms with Crippen LogP contribution in [0.4, 0.5) is 5.69 Å². The SMILES string of the molecule is Nc1ccc(O)c(C=CCC(=O)O)c1. The predicted molar refractivity (Wildman–Crippen MR) is 53.8 cm³/mol. The number of hydrogen-bond donors (Lipinski definition) is 3. The molecule has 0 heterocycles. The third kappa shape index (κ3) is 2.82. The molecule has 0 aliphatic heterocycles. The van der Waals surface area contributed by atoms with Crippen molar-refractivity contribution >= 4 is 17.7 Å². The van der Waals surface area contributed by atoms with Gasteiger partial charge in [0.2, 0.25) is 0 Å².